The summed E-state index contributed by atoms with van der Waals surface area (Å²) in [6, 6.07) is 0.305. The lowest BCUT2D eigenvalue weighted by molar-refractivity contribution is 0.352. The molecule has 3 N–H and O–H groups in total. The van der Waals surface area contributed by atoms with Crippen LogP contribution in [0, 0.1) is 5.92 Å². The van der Waals surface area contributed by atoms with Crippen molar-refractivity contribution in [1.29, 1.82) is 0 Å². The van der Waals surface area contributed by atoms with Crippen LogP contribution in [0.4, 0.5) is 5.95 Å². The second-order valence-electron chi connectivity index (χ2n) is 5.37. The Morgan fingerprint density at radius 1 is 1.44 bits per heavy atom. The van der Waals surface area contributed by atoms with E-state index in [0.29, 0.717) is 12.0 Å². The first kappa shape index (κ1) is 13.3. The van der Waals surface area contributed by atoms with Gasteiger partial charge >= 0.3 is 0 Å². The molecule has 18 heavy (non-hydrogen) atoms. The highest BCUT2D eigenvalue weighted by Crippen LogP contribution is 2.22. The van der Waals surface area contributed by atoms with Gasteiger partial charge in [0, 0.05) is 25.6 Å². The van der Waals surface area contributed by atoms with Crippen LogP contribution in [0.5, 0.6) is 0 Å². The second kappa shape index (κ2) is 6.18. The summed E-state index contributed by atoms with van der Waals surface area (Å²) in [4.78, 5) is 6.84. The Morgan fingerprint density at radius 3 is 2.78 bits per heavy atom. The van der Waals surface area contributed by atoms with Gasteiger partial charge in [0.1, 0.15) is 5.82 Å². The Kier molecular flexibility index (Phi) is 4.58. The number of hydrogen-bond acceptors (Lipinski definition) is 4. The summed E-state index contributed by atoms with van der Waals surface area (Å²) in [7, 11) is 0. The minimum absolute atomic E-state index is 0.305. The molecular weight excluding hydrogens is 226 g/mol. The fourth-order valence-electron chi connectivity index (χ4n) is 2.51. The summed E-state index contributed by atoms with van der Waals surface area (Å²) < 4.78 is 0. The summed E-state index contributed by atoms with van der Waals surface area (Å²) in [6.07, 6.45) is 5.66. The van der Waals surface area contributed by atoms with E-state index in [0.717, 1.165) is 44.1 Å². The number of piperidine rings is 1. The molecule has 102 valence electrons. The van der Waals surface area contributed by atoms with E-state index >= 15 is 0 Å². The van der Waals surface area contributed by atoms with Crippen molar-refractivity contribution in [3.05, 3.63) is 5.82 Å². The minimum atomic E-state index is 0.305. The maximum atomic E-state index is 5.95. The SMILES string of the molecule is CCCCc1nc(N2CCC(C(C)N)CC2)n[nH]1. The predicted octanol–water partition coefficient (Wildman–Crippen LogP) is 1.71. The van der Waals surface area contributed by atoms with E-state index in [1.807, 2.05) is 0 Å². The van der Waals surface area contributed by atoms with Gasteiger partial charge in [0.15, 0.2) is 0 Å². The zero-order chi connectivity index (χ0) is 13.0. The summed E-state index contributed by atoms with van der Waals surface area (Å²) >= 11 is 0. The van der Waals surface area contributed by atoms with E-state index < -0.39 is 0 Å². The second-order valence-corrected chi connectivity index (χ2v) is 5.37. The molecule has 5 nitrogen and oxygen atoms in total. The molecule has 0 bridgehead atoms. The highest BCUT2D eigenvalue weighted by molar-refractivity contribution is 5.29. The van der Waals surface area contributed by atoms with Crippen molar-refractivity contribution in [3.8, 4) is 0 Å². The first-order valence-electron chi connectivity index (χ1n) is 7.12. The van der Waals surface area contributed by atoms with Gasteiger partial charge < -0.3 is 10.6 Å². The van der Waals surface area contributed by atoms with Crippen molar-refractivity contribution in [2.75, 3.05) is 18.0 Å². The van der Waals surface area contributed by atoms with Crippen LogP contribution in [0.1, 0.15) is 45.4 Å². The number of unbranched alkanes of at least 4 members (excludes halogenated alkanes) is 1. The molecule has 0 radical (unpaired) electrons. The van der Waals surface area contributed by atoms with Crippen molar-refractivity contribution in [2.45, 2.75) is 52.0 Å². The van der Waals surface area contributed by atoms with E-state index in [1.165, 1.54) is 12.8 Å². The average molecular weight is 251 g/mol. The molecule has 1 aliphatic rings. The van der Waals surface area contributed by atoms with Gasteiger partial charge in [-0.25, -0.2) is 0 Å². The molecule has 5 heteroatoms. The number of nitrogens with one attached hydrogen (secondary N) is 1. The fourth-order valence-corrected chi connectivity index (χ4v) is 2.51. The molecule has 1 unspecified atom stereocenters. The topological polar surface area (TPSA) is 70.8 Å². The Bertz CT molecular complexity index is 352. The van der Waals surface area contributed by atoms with Gasteiger partial charge in [0.2, 0.25) is 5.95 Å². The average Bonchev–Trinajstić information content (AvgIpc) is 2.85. The molecule has 1 fully saturated rings. The monoisotopic (exact) mass is 251 g/mol. The van der Waals surface area contributed by atoms with Crippen molar-refractivity contribution < 1.29 is 0 Å². The molecule has 2 rings (SSSR count). The summed E-state index contributed by atoms with van der Waals surface area (Å²) in [6.45, 7) is 6.35. The number of aromatic nitrogens is 3. The number of aryl methyl sites for hydroxylation is 1. The maximum absolute atomic E-state index is 5.95. The number of aromatic amines is 1. The number of anilines is 1. The molecule has 1 aliphatic heterocycles. The summed E-state index contributed by atoms with van der Waals surface area (Å²) in [5.41, 5.74) is 5.95. The standard InChI is InChI=1S/C13H25N5/c1-3-4-5-12-15-13(17-16-12)18-8-6-11(7-9-18)10(2)14/h10-11H,3-9,14H2,1-2H3,(H,15,16,17). The summed E-state index contributed by atoms with van der Waals surface area (Å²) in [5.74, 6) is 2.53. The van der Waals surface area contributed by atoms with Crippen molar-refractivity contribution >= 4 is 5.95 Å². The van der Waals surface area contributed by atoms with Crippen molar-refractivity contribution in [3.63, 3.8) is 0 Å². The Hall–Kier alpha value is -1.10. The Morgan fingerprint density at radius 2 is 2.17 bits per heavy atom. The van der Waals surface area contributed by atoms with Gasteiger partial charge in [0.25, 0.3) is 0 Å². The van der Waals surface area contributed by atoms with Crippen LogP contribution in [0.2, 0.25) is 0 Å². The largest absolute Gasteiger partial charge is 0.340 e. The highest BCUT2D eigenvalue weighted by Gasteiger charge is 2.23. The number of rotatable bonds is 5. The van der Waals surface area contributed by atoms with E-state index in [1.54, 1.807) is 0 Å². The van der Waals surface area contributed by atoms with Crippen LogP contribution in [0.25, 0.3) is 0 Å². The van der Waals surface area contributed by atoms with Crippen LogP contribution < -0.4 is 10.6 Å². The molecule has 0 aliphatic carbocycles. The number of nitrogens with two attached hydrogens (primary N) is 1. The molecule has 0 spiro atoms. The van der Waals surface area contributed by atoms with Crippen LogP contribution in [-0.4, -0.2) is 34.3 Å². The smallest absolute Gasteiger partial charge is 0.244 e. The maximum Gasteiger partial charge on any atom is 0.244 e. The van der Waals surface area contributed by atoms with Gasteiger partial charge in [-0.05, 0) is 32.1 Å². The van der Waals surface area contributed by atoms with E-state index in [9.17, 15) is 0 Å². The van der Waals surface area contributed by atoms with Crippen LogP contribution in [0.15, 0.2) is 0 Å². The van der Waals surface area contributed by atoms with E-state index in [2.05, 4.69) is 33.9 Å². The van der Waals surface area contributed by atoms with Gasteiger partial charge in [-0.1, -0.05) is 13.3 Å². The third-order valence-corrected chi connectivity index (χ3v) is 3.85. The van der Waals surface area contributed by atoms with Crippen LogP contribution in [-0.2, 0) is 6.42 Å². The highest BCUT2D eigenvalue weighted by atomic mass is 15.4. The van der Waals surface area contributed by atoms with E-state index in [-0.39, 0.29) is 0 Å². The first-order chi connectivity index (χ1) is 8.70. The van der Waals surface area contributed by atoms with Gasteiger partial charge in [-0.3, -0.25) is 5.10 Å². The Labute approximate surface area is 109 Å². The van der Waals surface area contributed by atoms with Crippen molar-refractivity contribution in [2.24, 2.45) is 11.7 Å². The van der Waals surface area contributed by atoms with Gasteiger partial charge in [0.05, 0.1) is 0 Å². The van der Waals surface area contributed by atoms with E-state index in [4.69, 9.17) is 5.73 Å². The number of H-pyrrole nitrogens is 1. The van der Waals surface area contributed by atoms with Crippen LogP contribution in [0.3, 0.4) is 0 Å². The molecule has 1 aromatic rings. The summed E-state index contributed by atoms with van der Waals surface area (Å²) in [5, 5.41) is 7.37. The fraction of sp³-hybridized carbons (Fsp3) is 0.846. The van der Waals surface area contributed by atoms with Gasteiger partial charge in [-0.2, -0.15) is 4.98 Å². The third-order valence-electron chi connectivity index (χ3n) is 3.85. The first-order valence-corrected chi connectivity index (χ1v) is 7.12. The molecular formula is C13H25N5. The minimum Gasteiger partial charge on any atom is -0.340 e. The number of nitrogens with zero attached hydrogens (tertiary/aromatic N) is 3. The molecule has 2 heterocycles. The molecule has 1 aromatic heterocycles. The zero-order valence-electron chi connectivity index (χ0n) is 11.5. The predicted molar refractivity (Wildman–Crippen MR) is 73.6 cm³/mol. The lowest BCUT2D eigenvalue weighted by Gasteiger charge is -2.32. The molecule has 0 saturated carbocycles. The molecule has 1 saturated heterocycles. The Balaban J connectivity index is 1.87. The molecule has 1 atom stereocenters. The number of hydrogen-bond donors (Lipinski definition) is 2. The molecule has 0 amide bonds. The lowest BCUT2D eigenvalue weighted by atomic mass is 9.91. The van der Waals surface area contributed by atoms with Gasteiger partial charge in [-0.15, -0.1) is 5.10 Å². The normalized spacial score (nSPS) is 19.2. The third kappa shape index (κ3) is 3.22. The lowest BCUT2D eigenvalue weighted by Crippen LogP contribution is -2.40. The van der Waals surface area contributed by atoms with Crippen LogP contribution >= 0.6 is 0 Å². The quantitative estimate of drug-likeness (QED) is 0.835. The van der Waals surface area contributed by atoms with Crippen molar-refractivity contribution in [1.82, 2.24) is 15.2 Å². The molecule has 0 aromatic carbocycles. The zero-order valence-corrected chi connectivity index (χ0v) is 11.5.